The number of fused-ring (bicyclic) bond motifs is 4. The molecule has 0 bridgehead atoms. The first-order valence-corrected chi connectivity index (χ1v) is 16.2. The summed E-state index contributed by atoms with van der Waals surface area (Å²) in [5.41, 5.74) is 4.41. The van der Waals surface area contributed by atoms with Crippen LogP contribution in [-0.2, 0) is 11.2 Å². The molecule has 0 saturated carbocycles. The Morgan fingerprint density at radius 2 is 1.93 bits per heavy atom. The van der Waals surface area contributed by atoms with Gasteiger partial charge in [-0.3, -0.25) is 10.00 Å². The highest BCUT2D eigenvalue weighted by atomic mass is 19.1. The fraction of sp³-hybridized carbons (Fsp3) is 0.576. The number of nitrogens with zero attached hydrogens (tertiary/aromatic N) is 6. The molecule has 10 nitrogen and oxygen atoms in total. The summed E-state index contributed by atoms with van der Waals surface area (Å²) in [7, 11) is 1.58. The zero-order chi connectivity index (χ0) is 29.8. The van der Waals surface area contributed by atoms with Crippen molar-refractivity contribution < 1.29 is 18.6 Å². The third kappa shape index (κ3) is 4.50. The standard InChI is InChI=1S/C33H40FN7O3/c1-20-7-3-8-21-17-23-22(18-35-39-23)25(24(20)21)28-27(34)29-26(31(36-28)42-2)30(40-11-6-15-43-16-14-40)38-32(37-29)44-19-33-9-4-12-41(33)13-5-10-33/h17-18,20H,3-16,19H2,1-2H3,(H,35,39). The second-order valence-corrected chi connectivity index (χ2v) is 12.9. The van der Waals surface area contributed by atoms with Gasteiger partial charge in [0.25, 0.3) is 0 Å². The Hall–Kier alpha value is -3.57. The molecule has 3 saturated heterocycles. The molecular formula is C33H40FN7O3. The summed E-state index contributed by atoms with van der Waals surface area (Å²) in [6.45, 7) is 7.48. The number of hydrogen-bond donors (Lipinski definition) is 1. The van der Waals surface area contributed by atoms with Crippen LogP contribution in [0.3, 0.4) is 0 Å². The fourth-order valence-electron chi connectivity index (χ4n) is 8.26. The molecule has 1 unspecified atom stereocenters. The molecular weight excluding hydrogens is 561 g/mol. The van der Waals surface area contributed by atoms with Crippen LogP contribution in [0.2, 0.25) is 0 Å². The van der Waals surface area contributed by atoms with Crippen molar-refractivity contribution >= 4 is 27.6 Å². The molecule has 3 fully saturated rings. The first-order valence-electron chi connectivity index (χ1n) is 16.2. The largest absolute Gasteiger partial charge is 0.480 e. The zero-order valence-corrected chi connectivity index (χ0v) is 25.6. The maximum atomic E-state index is 17.2. The van der Waals surface area contributed by atoms with Crippen molar-refractivity contribution in [3.63, 3.8) is 0 Å². The summed E-state index contributed by atoms with van der Waals surface area (Å²) < 4.78 is 35.3. The predicted octanol–water partition coefficient (Wildman–Crippen LogP) is 5.39. The molecule has 0 radical (unpaired) electrons. The van der Waals surface area contributed by atoms with E-state index in [9.17, 15) is 0 Å². The number of anilines is 1. The lowest BCUT2D eigenvalue weighted by Crippen LogP contribution is -2.43. The number of aryl methyl sites for hydroxylation is 1. The summed E-state index contributed by atoms with van der Waals surface area (Å²) in [4.78, 5) is 19.3. The van der Waals surface area contributed by atoms with Crippen LogP contribution in [0, 0.1) is 5.82 Å². The van der Waals surface area contributed by atoms with Gasteiger partial charge in [-0.25, -0.2) is 9.37 Å². The van der Waals surface area contributed by atoms with Gasteiger partial charge in [0.2, 0.25) is 5.88 Å². The minimum absolute atomic E-state index is 0.0146. The molecule has 1 atom stereocenters. The van der Waals surface area contributed by atoms with Crippen LogP contribution in [0.5, 0.6) is 11.9 Å². The first-order chi connectivity index (χ1) is 21.6. The van der Waals surface area contributed by atoms with Gasteiger partial charge >= 0.3 is 6.01 Å². The Balaban J connectivity index is 1.33. The summed E-state index contributed by atoms with van der Waals surface area (Å²) in [6, 6.07) is 2.36. The molecule has 1 aliphatic carbocycles. The van der Waals surface area contributed by atoms with Gasteiger partial charge in [-0.2, -0.15) is 15.1 Å². The van der Waals surface area contributed by atoms with E-state index in [4.69, 9.17) is 29.2 Å². The number of benzene rings is 1. The summed E-state index contributed by atoms with van der Waals surface area (Å²) in [5.74, 6) is 0.648. The van der Waals surface area contributed by atoms with Crippen LogP contribution < -0.4 is 14.4 Å². The Morgan fingerprint density at radius 3 is 2.77 bits per heavy atom. The average molecular weight is 602 g/mol. The average Bonchev–Trinajstić information content (AvgIpc) is 3.70. The third-order valence-corrected chi connectivity index (χ3v) is 10.4. The maximum absolute atomic E-state index is 17.2. The van der Waals surface area contributed by atoms with Gasteiger partial charge in [-0.1, -0.05) is 6.92 Å². The Kier molecular flexibility index (Phi) is 7.05. The van der Waals surface area contributed by atoms with Gasteiger partial charge in [0.1, 0.15) is 29.0 Å². The van der Waals surface area contributed by atoms with Crippen LogP contribution in [0.25, 0.3) is 33.1 Å². The second-order valence-electron chi connectivity index (χ2n) is 12.9. The quantitative estimate of drug-likeness (QED) is 0.312. The summed E-state index contributed by atoms with van der Waals surface area (Å²) in [5, 5.41) is 8.75. The molecule has 44 heavy (non-hydrogen) atoms. The van der Waals surface area contributed by atoms with E-state index in [2.05, 4.69) is 33.0 Å². The van der Waals surface area contributed by atoms with Crippen LogP contribution in [0.1, 0.15) is 68.9 Å². The van der Waals surface area contributed by atoms with Gasteiger partial charge in [0.15, 0.2) is 5.82 Å². The van der Waals surface area contributed by atoms with E-state index in [-0.39, 0.29) is 28.7 Å². The molecule has 3 aliphatic heterocycles. The number of hydrogen-bond acceptors (Lipinski definition) is 9. The molecule has 232 valence electrons. The van der Waals surface area contributed by atoms with Crippen LogP contribution in [-0.4, -0.2) is 88.7 Å². The highest BCUT2D eigenvalue weighted by Gasteiger charge is 2.45. The molecule has 11 heteroatoms. The van der Waals surface area contributed by atoms with E-state index in [0.29, 0.717) is 43.4 Å². The third-order valence-electron chi connectivity index (χ3n) is 10.4. The predicted molar refractivity (Wildman–Crippen MR) is 166 cm³/mol. The Labute approximate surface area is 256 Å². The van der Waals surface area contributed by atoms with E-state index in [1.54, 1.807) is 13.3 Å². The lowest BCUT2D eigenvalue weighted by Gasteiger charge is -2.31. The van der Waals surface area contributed by atoms with E-state index in [1.807, 2.05) is 0 Å². The SMILES string of the molecule is COc1nc(-c2c3c(cc4[nH]ncc24)CCCC3C)c(F)c2nc(OCC34CCCN3CCC4)nc(N3CCCOCC3)c12. The smallest absolute Gasteiger partial charge is 0.319 e. The van der Waals surface area contributed by atoms with Crippen molar-refractivity contribution in [1.82, 2.24) is 30.0 Å². The van der Waals surface area contributed by atoms with Crippen molar-refractivity contribution in [1.29, 1.82) is 0 Å². The number of nitrogens with one attached hydrogen (secondary N) is 1. The molecule has 0 amide bonds. The van der Waals surface area contributed by atoms with Crippen LogP contribution in [0.15, 0.2) is 12.3 Å². The van der Waals surface area contributed by atoms with Gasteiger partial charge in [0, 0.05) is 30.6 Å². The zero-order valence-electron chi connectivity index (χ0n) is 25.6. The topological polar surface area (TPSA) is 102 Å². The van der Waals surface area contributed by atoms with Crippen LogP contribution in [0.4, 0.5) is 10.2 Å². The highest BCUT2D eigenvalue weighted by Crippen LogP contribution is 2.46. The minimum Gasteiger partial charge on any atom is -0.480 e. The van der Waals surface area contributed by atoms with Gasteiger partial charge in [0.05, 0.1) is 31.0 Å². The number of ether oxygens (including phenoxy) is 3. The molecule has 8 rings (SSSR count). The fourth-order valence-corrected chi connectivity index (χ4v) is 8.26. The van der Waals surface area contributed by atoms with Crippen molar-refractivity contribution in [2.24, 2.45) is 0 Å². The van der Waals surface area contributed by atoms with Crippen molar-refractivity contribution in [3.05, 3.63) is 29.2 Å². The van der Waals surface area contributed by atoms with Crippen LogP contribution >= 0.6 is 0 Å². The maximum Gasteiger partial charge on any atom is 0.319 e. The molecule has 1 aromatic carbocycles. The lowest BCUT2D eigenvalue weighted by atomic mass is 9.79. The number of methoxy groups -OCH3 is 1. The molecule has 4 aliphatic rings. The molecule has 4 aromatic rings. The number of aromatic amines is 1. The minimum atomic E-state index is -0.490. The summed E-state index contributed by atoms with van der Waals surface area (Å²) in [6.07, 6.45) is 10.2. The monoisotopic (exact) mass is 601 g/mol. The van der Waals surface area contributed by atoms with E-state index >= 15 is 4.39 Å². The molecule has 0 spiro atoms. The normalized spacial score (nSPS) is 21.9. The number of halogens is 1. The second kappa shape index (κ2) is 11.1. The van der Waals surface area contributed by atoms with Crippen molar-refractivity contribution in [2.45, 2.75) is 69.7 Å². The van der Waals surface area contributed by atoms with Gasteiger partial charge < -0.3 is 19.1 Å². The Morgan fingerprint density at radius 1 is 1.07 bits per heavy atom. The first kappa shape index (κ1) is 27.9. The van der Waals surface area contributed by atoms with Crippen molar-refractivity contribution in [2.75, 3.05) is 58.0 Å². The summed E-state index contributed by atoms with van der Waals surface area (Å²) >= 11 is 0. The van der Waals surface area contributed by atoms with E-state index < -0.39 is 5.82 Å². The molecule has 3 aromatic heterocycles. The van der Waals surface area contributed by atoms with Gasteiger partial charge in [-0.05, 0) is 87.6 Å². The highest BCUT2D eigenvalue weighted by molar-refractivity contribution is 6.01. The number of rotatable bonds is 6. The molecule has 6 heterocycles. The number of H-pyrrole nitrogens is 1. The van der Waals surface area contributed by atoms with Crippen molar-refractivity contribution in [3.8, 4) is 23.1 Å². The van der Waals surface area contributed by atoms with Gasteiger partial charge in [-0.15, -0.1) is 0 Å². The number of aromatic nitrogens is 5. The lowest BCUT2D eigenvalue weighted by molar-refractivity contribution is 0.108. The Bertz CT molecular complexity index is 1710. The van der Waals surface area contributed by atoms with E-state index in [1.165, 1.54) is 18.4 Å². The van der Waals surface area contributed by atoms with E-state index in [0.717, 1.165) is 80.2 Å². The molecule has 1 N–H and O–H groups in total. The number of pyridine rings is 1.